The second-order valence-corrected chi connectivity index (χ2v) is 7.39. The van der Waals surface area contributed by atoms with E-state index in [4.69, 9.17) is 9.47 Å². The molecule has 1 aromatic heterocycles. The van der Waals surface area contributed by atoms with Crippen LogP contribution >= 0.6 is 0 Å². The zero-order valence-corrected chi connectivity index (χ0v) is 18.2. The molecule has 0 aliphatic rings. The molecule has 0 radical (unpaired) electrons. The molecule has 1 heterocycles. The lowest BCUT2D eigenvalue weighted by Gasteiger charge is -2.16. The first-order chi connectivity index (χ1) is 15.3. The van der Waals surface area contributed by atoms with Crippen LogP contribution in [-0.4, -0.2) is 29.2 Å². The van der Waals surface area contributed by atoms with Crippen molar-refractivity contribution in [3.63, 3.8) is 0 Å². The van der Waals surface area contributed by atoms with Gasteiger partial charge in [0.05, 0.1) is 12.7 Å². The van der Waals surface area contributed by atoms with Crippen LogP contribution in [0.1, 0.15) is 32.6 Å². The van der Waals surface area contributed by atoms with Crippen LogP contribution in [-0.2, 0) is 13.0 Å². The van der Waals surface area contributed by atoms with Gasteiger partial charge in [-0.25, -0.2) is 0 Å². The fraction of sp³-hybridized carbons (Fsp3) is 0.240. The first kappa shape index (κ1) is 22.6. The Labute approximate surface area is 186 Å². The summed E-state index contributed by atoms with van der Waals surface area (Å²) in [6.45, 7) is 3.15. The van der Waals surface area contributed by atoms with Gasteiger partial charge in [0.2, 0.25) is 11.7 Å². The Balaban J connectivity index is 1.89. The minimum Gasteiger partial charge on any atom is -0.497 e. The number of carbonyl (C=O) groups excluding carboxylic acids is 1. The summed E-state index contributed by atoms with van der Waals surface area (Å²) < 4.78 is 11.8. The third-order valence-electron chi connectivity index (χ3n) is 5.22. The van der Waals surface area contributed by atoms with Crippen molar-refractivity contribution < 1.29 is 19.4 Å². The predicted molar refractivity (Wildman–Crippen MR) is 120 cm³/mol. The molecule has 3 aromatic rings. The maximum Gasteiger partial charge on any atom is 0.271 e. The number of hydrogen-bond acceptors (Lipinski definition) is 6. The van der Waals surface area contributed by atoms with E-state index in [2.05, 4.69) is 0 Å². The molecule has 0 amide bonds. The highest BCUT2D eigenvalue weighted by Gasteiger charge is 2.24. The standard InChI is InChI=1S/C25H24N2O5/c1-16-5-4-6-20(13-16)32-15-22(28)23-17(2)21(14-26)24(29)27(25(23)30)12-11-18-7-9-19(31-3)10-8-18/h4-10,13,30H,11-12,15H2,1-3H3. The number of ether oxygens (including phenoxy) is 2. The number of benzene rings is 2. The number of nitriles is 1. The molecule has 0 aliphatic heterocycles. The summed E-state index contributed by atoms with van der Waals surface area (Å²) in [4.78, 5) is 25.7. The highest BCUT2D eigenvalue weighted by Crippen LogP contribution is 2.24. The third kappa shape index (κ3) is 4.81. The summed E-state index contributed by atoms with van der Waals surface area (Å²) in [5.74, 6) is 0.246. The summed E-state index contributed by atoms with van der Waals surface area (Å²) in [6.07, 6.45) is 0.415. The predicted octanol–water partition coefficient (Wildman–Crippen LogP) is 3.56. The molecule has 7 heteroatoms. The topological polar surface area (TPSA) is 102 Å². The Morgan fingerprint density at radius 1 is 1.12 bits per heavy atom. The zero-order valence-electron chi connectivity index (χ0n) is 18.2. The van der Waals surface area contributed by atoms with Crippen molar-refractivity contribution in [1.29, 1.82) is 5.26 Å². The summed E-state index contributed by atoms with van der Waals surface area (Å²) >= 11 is 0. The van der Waals surface area contributed by atoms with E-state index in [0.717, 1.165) is 15.7 Å². The number of carbonyl (C=O) groups is 1. The number of ketones is 1. The molecule has 0 atom stereocenters. The molecule has 1 N–H and O–H groups in total. The van der Waals surface area contributed by atoms with Gasteiger partial charge in [-0.3, -0.25) is 14.2 Å². The van der Waals surface area contributed by atoms with E-state index >= 15 is 0 Å². The number of aryl methyl sites for hydroxylation is 2. The lowest BCUT2D eigenvalue weighted by Crippen LogP contribution is -2.28. The average Bonchev–Trinajstić information content (AvgIpc) is 2.78. The van der Waals surface area contributed by atoms with Gasteiger partial charge in [-0.2, -0.15) is 5.26 Å². The van der Waals surface area contributed by atoms with Crippen LogP contribution in [0.5, 0.6) is 17.4 Å². The molecule has 0 saturated heterocycles. The quantitative estimate of drug-likeness (QED) is 0.546. The second-order valence-electron chi connectivity index (χ2n) is 7.39. The van der Waals surface area contributed by atoms with Crippen LogP contribution in [0.2, 0.25) is 0 Å². The van der Waals surface area contributed by atoms with Crippen molar-refractivity contribution in [2.24, 2.45) is 0 Å². The highest BCUT2D eigenvalue weighted by atomic mass is 16.5. The van der Waals surface area contributed by atoms with Crippen molar-refractivity contribution in [2.75, 3.05) is 13.7 Å². The Morgan fingerprint density at radius 3 is 2.47 bits per heavy atom. The first-order valence-corrected chi connectivity index (χ1v) is 10.1. The van der Waals surface area contributed by atoms with Crippen LogP contribution < -0.4 is 15.0 Å². The van der Waals surface area contributed by atoms with Crippen LogP contribution in [0.4, 0.5) is 0 Å². The minimum atomic E-state index is -0.632. The van der Waals surface area contributed by atoms with Gasteiger partial charge in [-0.1, -0.05) is 24.3 Å². The van der Waals surface area contributed by atoms with Crippen molar-refractivity contribution in [3.8, 4) is 23.4 Å². The Bertz CT molecular complexity index is 1240. The molecule has 7 nitrogen and oxygen atoms in total. The van der Waals surface area contributed by atoms with Crippen molar-refractivity contribution >= 4 is 5.78 Å². The lowest BCUT2D eigenvalue weighted by atomic mass is 10.0. The van der Waals surface area contributed by atoms with Crippen LogP contribution in [0.25, 0.3) is 0 Å². The van der Waals surface area contributed by atoms with Gasteiger partial charge in [0, 0.05) is 6.54 Å². The lowest BCUT2D eigenvalue weighted by molar-refractivity contribution is 0.0916. The molecule has 2 aromatic carbocycles. The molecule has 32 heavy (non-hydrogen) atoms. The number of aromatic nitrogens is 1. The number of Topliss-reactive ketones (excluding diaryl/α,β-unsaturated/α-hetero) is 1. The van der Waals surface area contributed by atoms with Gasteiger partial charge in [0.1, 0.15) is 23.1 Å². The zero-order chi connectivity index (χ0) is 23.3. The molecular weight excluding hydrogens is 408 g/mol. The number of aromatic hydroxyl groups is 1. The van der Waals surface area contributed by atoms with E-state index in [1.54, 1.807) is 31.4 Å². The Hall–Kier alpha value is -4.05. The molecule has 0 aliphatic carbocycles. The van der Waals surface area contributed by atoms with Gasteiger partial charge in [-0.05, 0) is 61.2 Å². The van der Waals surface area contributed by atoms with Crippen LogP contribution in [0.3, 0.4) is 0 Å². The molecule has 0 bridgehead atoms. The van der Waals surface area contributed by atoms with E-state index in [0.29, 0.717) is 17.9 Å². The maximum absolute atomic E-state index is 12.9. The molecule has 0 saturated carbocycles. The van der Waals surface area contributed by atoms with Gasteiger partial charge in [0.15, 0.2) is 6.61 Å². The van der Waals surface area contributed by atoms with E-state index in [1.807, 2.05) is 37.3 Å². The SMILES string of the molecule is COc1ccc(CCn2c(O)c(C(=O)COc3cccc(C)c3)c(C)c(C#N)c2=O)cc1. The molecule has 3 rings (SSSR count). The van der Waals surface area contributed by atoms with Gasteiger partial charge in [0.25, 0.3) is 5.56 Å². The van der Waals surface area contributed by atoms with Crippen LogP contribution in [0, 0.1) is 25.2 Å². The third-order valence-corrected chi connectivity index (χ3v) is 5.22. The molecular formula is C25H24N2O5. The van der Waals surface area contributed by atoms with Crippen LogP contribution in [0.15, 0.2) is 53.3 Å². The van der Waals surface area contributed by atoms with Gasteiger partial charge in [-0.15, -0.1) is 0 Å². The summed E-state index contributed by atoms with van der Waals surface area (Å²) in [6, 6.07) is 16.4. The normalized spacial score (nSPS) is 10.4. The largest absolute Gasteiger partial charge is 0.497 e. The van der Waals surface area contributed by atoms with E-state index in [9.17, 15) is 20.0 Å². The monoisotopic (exact) mass is 432 g/mol. The van der Waals surface area contributed by atoms with E-state index in [1.165, 1.54) is 6.92 Å². The summed E-state index contributed by atoms with van der Waals surface area (Å²) in [7, 11) is 1.57. The number of rotatable bonds is 8. The summed E-state index contributed by atoms with van der Waals surface area (Å²) in [5, 5.41) is 20.3. The van der Waals surface area contributed by atoms with Crippen molar-refractivity contribution in [1.82, 2.24) is 4.57 Å². The Kier molecular flexibility index (Phi) is 6.96. The first-order valence-electron chi connectivity index (χ1n) is 10.1. The number of hydrogen-bond donors (Lipinski definition) is 1. The van der Waals surface area contributed by atoms with E-state index in [-0.39, 0.29) is 29.8 Å². The number of nitrogens with zero attached hydrogens (tertiary/aromatic N) is 2. The molecule has 0 unspecified atom stereocenters. The minimum absolute atomic E-state index is 0.0801. The molecule has 0 fully saturated rings. The Morgan fingerprint density at radius 2 is 1.84 bits per heavy atom. The number of pyridine rings is 1. The molecule has 164 valence electrons. The van der Waals surface area contributed by atoms with Gasteiger partial charge < -0.3 is 14.6 Å². The van der Waals surface area contributed by atoms with Gasteiger partial charge >= 0.3 is 0 Å². The highest BCUT2D eigenvalue weighted by molar-refractivity contribution is 6.01. The second kappa shape index (κ2) is 9.84. The fourth-order valence-corrected chi connectivity index (χ4v) is 3.45. The summed E-state index contributed by atoms with van der Waals surface area (Å²) in [5.41, 5.74) is 1.15. The van der Waals surface area contributed by atoms with Crippen molar-refractivity contribution in [2.45, 2.75) is 26.8 Å². The maximum atomic E-state index is 12.9. The number of methoxy groups -OCH3 is 1. The van der Waals surface area contributed by atoms with Crippen molar-refractivity contribution in [3.05, 3.63) is 86.7 Å². The van der Waals surface area contributed by atoms with E-state index < -0.39 is 17.2 Å². The average molecular weight is 432 g/mol. The molecule has 0 spiro atoms. The fourth-order valence-electron chi connectivity index (χ4n) is 3.45. The smallest absolute Gasteiger partial charge is 0.271 e.